The molecule has 1 heteroatoms. The summed E-state index contributed by atoms with van der Waals surface area (Å²) < 4.78 is 0. The standard InChI is InChI=1S/C10H14O/c1-3-6-10(2)7-4-9(11)5-8-10/h4,7,9,11H,5,8H2,1-2H3/t9-,10+/m0/s1. The molecule has 1 aliphatic carbocycles. The molecule has 0 spiro atoms. The highest BCUT2D eigenvalue weighted by atomic mass is 16.3. The highest BCUT2D eigenvalue weighted by Gasteiger charge is 2.22. The molecule has 0 aromatic carbocycles. The molecule has 0 bridgehead atoms. The number of aliphatic hydroxyl groups excluding tert-OH is 1. The zero-order chi connectivity index (χ0) is 8.32. The molecule has 0 aromatic heterocycles. The number of hydrogen-bond acceptors (Lipinski definition) is 1. The van der Waals surface area contributed by atoms with Gasteiger partial charge in [-0.3, -0.25) is 0 Å². The Labute approximate surface area is 68.1 Å². The molecule has 11 heavy (non-hydrogen) atoms. The van der Waals surface area contributed by atoms with E-state index in [0.29, 0.717) is 0 Å². The zero-order valence-corrected chi connectivity index (χ0v) is 7.09. The summed E-state index contributed by atoms with van der Waals surface area (Å²) in [6.45, 7) is 3.95. The van der Waals surface area contributed by atoms with E-state index in [-0.39, 0.29) is 11.5 Å². The lowest BCUT2D eigenvalue weighted by molar-refractivity contribution is 0.188. The SMILES string of the molecule is CC#C[C@]1(C)C=C[C@H](O)CC1. The lowest BCUT2D eigenvalue weighted by atomic mass is 9.81. The van der Waals surface area contributed by atoms with E-state index in [4.69, 9.17) is 0 Å². The van der Waals surface area contributed by atoms with Gasteiger partial charge in [-0.25, -0.2) is 0 Å². The van der Waals surface area contributed by atoms with E-state index < -0.39 is 0 Å². The first-order valence-electron chi connectivity index (χ1n) is 3.98. The maximum absolute atomic E-state index is 9.17. The van der Waals surface area contributed by atoms with Gasteiger partial charge in [0.05, 0.1) is 6.10 Å². The molecule has 1 aliphatic rings. The van der Waals surface area contributed by atoms with Gasteiger partial charge in [0.2, 0.25) is 0 Å². The van der Waals surface area contributed by atoms with Crippen molar-refractivity contribution in [3.05, 3.63) is 12.2 Å². The van der Waals surface area contributed by atoms with E-state index >= 15 is 0 Å². The van der Waals surface area contributed by atoms with Crippen molar-refractivity contribution in [1.82, 2.24) is 0 Å². The molecule has 0 radical (unpaired) electrons. The van der Waals surface area contributed by atoms with Crippen molar-refractivity contribution < 1.29 is 5.11 Å². The maximum atomic E-state index is 9.17. The van der Waals surface area contributed by atoms with Gasteiger partial charge in [-0.15, -0.1) is 5.92 Å². The molecule has 0 saturated carbocycles. The van der Waals surface area contributed by atoms with Gasteiger partial charge in [0.25, 0.3) is 0 Å². The first kappa shape index (κ1) is 8.36. The topological polar surface area (TPSA) is 20.2 Å². The molecule has 0 aromatic rings. The van der Waals surface area contributed by atoms with E-state index in [1.165, 1.54) is 0 Å². The van der Waals surface area contributed by atoms with E-state index in [9.17, 15) is 5.11 Å². The second-order valence-corrected chi connectivity index (χ2v) is 3.26. The molecule has 1 N–H and O–H groups in total. The summed E-state index contributed by atoms with van der Waals surface area (Å²) in [5, 5.41) is 9.17. The van der Waals surface area contributed by atoms with Crippen molar-refractivity contribution in [2.24, 2.45) is 5.41 Å². The van der Waals surface area contributed by atoms with Crippen molar-refractivity contribution in [2.45, 2.75) is 32.8 Å². The predicted molar refractivity (Wildman–Crippen MR) is 45.9 cm³/mol. The van der Waals surface area contributed by atoms with Crippen molar-refractivity contribution in [3.8, 4) is 11.8 Å². The van der Waals surface area contributed by atoms with Crippen LogP contribution < -0.4 is 0 Å². The van der Waals surface area contributed by atoms with Gasteiger partial charge in [0.15, 0.2) is 0 Å². The fourth-order valence-electron chi connectivity index (χ4n) is 1.34. The Morgan fingerprint density at radius 1 is 1.64 bits per heavy atom. The number of hydrogen-bond donors (Lipinski definition) is 1. The minimum absolute atomic E-state index is 0.00792. The summed E-state index contributed by atoms with van der Waals surface area (Å²) in [6.07, 6.45) is 5.40. The van der Waals surface area contributed by atoms with Gasteiger partial charge in [0, 0.05) is 5.41 Å². The average molecular weight is 150 g/mol. The van der Waals surface area contributed by atoms with Crippen LogP contribution in [0.1, 0.15) is 26.7 Å². The van der Waals surface area contributed by atoms with Crippen molar-refractivity contribution in [3.63, 3.8) is 0 Å². The molecule has 0 unspecified atom stereocenters. The molecule has 0 heterocycles. The fraction of sp³-hybridized carbons (Fsp3) is 0.600. The van der Waals surface area contributed by atoms with Crippen LogP contribution in [-0.4, -0.2) is 11.2 Å². The zero-order valence-electron chi connectivity index (χ0n) is 7.09. The van der Waals surface area contributed by atoms with Gasteiger partial charge in [0.1, 0.15) is 0 Å². The molecule has 0 fully saturated rings. The normalized spacial score (nSPS) is 36.1. The first-order valence-corrected chi connectivity index (χ1v) is 3.98. The largest absolute Gasteiger partial charge is 0.389 e. The lowest BCUT2D eigenvalue weighted by Crippen LogP contribution is -2.19. The van der Waals surface area contributed by atoms with E-state index in [2.05, 4.69) is 18.8 Å². The third-order valence-corrected chi connectivity index (χ3v) is 2.06. The Morgan fingerprint density at radius 3 is 2.82 bits per heavy atom. The molecule has 0 amide bonds. The Kier molecular flexibility index (Phi) is 2.36. The van der Waals surface area contributed by atoms with Crippen LogP contribution in [0.2, 0.25) is 0 Å². The van der Waals surface area contributed by atoms with E-state index in [1.807, 2.05) is 19.1 Å². The Bertz CT molecular complexity index is 219. The molecular formula is C10H14O. The quantitative estimate of drug-likeness (QED) is 0.412. The molecule has 1 rings (SSSR count). The van der Waals surface area contributed by atoms with Crippen LogP contribution in [0.5, 0.6) is 0 Å². The Hall–Kier alpha value is -0.740. The maximum Gasteiger partial charge on any atom is 0.0722 e. The Balaban J connectivity index is 2.73. The number of allylic oxidation sites excluding steroid dienone is 1. The fourth-order valence-corrected chi connectivity index (χ4v) is 1.34. The molecule has 0 aliphatic heterocycles. The van der Waals surface area contributed by atoms with Gasteiger partial charge in [-0.2, -0.15) is 0 Å². The van der Waals surface area contributed by atoms with E-state index in [0.717, 1.165) is 12.8 Å². The summed E-state index contributed by atoms with van der Waals surface area (Å²) in [7, 11) is 0. The van der Waals surface area contributed by atoms with Crippen LogP contribution in [-0.2, 0) is 0 Å². The summed E-state index contributed by atoms with van der Waals surface area (Å²) in [6, 6.07) is 0. The van der Waals surface area contributed by atoms with Crippen LogP contribution >= 0.6 is 0 Å². The second-order valence-electron chi connectivity index (χ2n) is 3.26. The van der Waals surface area contributed by atoms with Crippen molar-refractivity contribution in [1.29, 1.82) is 0 Å². The van der Waals surface area contributed by atoms with Gasteiger partial charge >= 0.3 is 0 Å². The summed E-state index contributed by atoms with van der Waals surface area (Å²) >= 11 is 0. The average Bonchev–Trinajstić information content (AvgIpc) is 1.97. The van der Waals surface area contributed by atoms with Crippen LogP contribution in [0, 0.1) is 17.3 Å². The molecular weight excluding hydrogens is 136 g/mol. The molecule has 60 valence electrons. The number of rotatable bonds is 0. The predicted octanol–water partition coefficient (Wildman–Crippen LogP) is 1.73. The van der Waals surface area contributed by atoms with Crippen LogP contribution in [0.3, 0.4) is 0 Å². The highest BCUT2D eigenvalue weighted by Crippen LogP contribution is 2.29. The van der Waals surface area contributed by atoms with Crippen LogP contribution in [0.15, 0.2) is 12.2 Å². The number of aliphatic hydroxyl groups is 1. The summed E-state index contributed by atoms with van der Waals surface area (Å²) in [5.41, 5.74) is 0.00792. The monoisotopic (exact) mass is 150 g/mol. The minimum atomic E-state index is -0.248. The third kappa shape index (κ3) is 2.10. The van der Waals surface area contributed by atoms with Crippen molar-refractivity contribution in [2.75, 3.05) is 0 Å². The van der Waals surface area contributed by atoms with Gasteiger partial charge < -0.3 is 5.11 Å². The Morgan fingerprint density at radius 2 is 2.36 bits per heavy atom. The minimum Gasteiger partial charge on any atom is -0.389 e. The third-order valence-electron chi connectivity index (χ3n) is 2.06. The van der Waals surface area contributed by atoms with E-state index in [1.54, 1.807) is 0 Å². The molecule has 1 nitrogen and oxygen atoms in total. The first-order chi connectivity index (χ1) is 5.16. The van der Waals surface area contributed by atoms with Crippen LogP contribution in [0.25, 0.3) is 0 Å². The summed E-state index contributed by atoms with van der Waals surface area (Å²) in [4.78, 5) is 0. The molecule has 0 saturated heterocycles. The highest BCUT2D eigenvalue weighted by molar-refractivity contribution is 5.20. The van der Waals surface area contributed by atoms with Gasteiger partial charge in [-0.05, 0) is 26.7 Å². The van der Waals surface area contributed by atoms with Gasteiger partial charge in [-0.1, -0.05) is 18.1 Å². The van der Waals surface area contributed by atoms with Crippen molar-refractivity contribution >= 4 is 0 Å². The lowest BCUT2D eigenvalue weighted by Gasteiger charge is -2.25. The second kappa shape index (κ2) is 3.11. The molecule has 2 atom stereocenters. The van der Waals surface area contributed by atoms with Crippen LogP contribution in [0.4, 0.5) is 0 Å². The smallest absolute Gasteiger partial charge is 0.0722 e. The summed E-state index contributed by atoms with van der Waals surface area (Å²) in [5.74, 6) is 6.04.